The number of halogens is 1. The molecule has 0 aromatic heterocycles. The summed E-state index contributed by atoms with van der Waals surface area (Å²) in [6.07, 6.45) is 6.96. The van der Waals surface area contributed by atoms with Gasteiger partial charge in [-0.2, -0.15) is 0 Å². The highest BCUT2D eigenvalue weighted by molar-refractivity contribution is 7.90. The van der Waals surface area contributed by atoms with Gasteiger partial charge in [0.15, 0.2) is 9.84 Å². The van der Waals surface area contributed by atoms with Crippen LogP contribution in [-0.4, -0.2) is 46.1 Å². The Morgan fingerprint density at radius 3 is 2.61 bits per heavy atom. The van der Waals surface area contributed by atoms with Crippen LogP contribution in [0.4, 0.5) is 10.1 Å². The molecule has 2 atom stereocenters. The number of carbonyl (C=O) groups is 2. The van der Waals surface area contributed by atoms with E-state index < -0.39 is 15.7 Å². The van der Waals surface area contributed by atoms with E-state index in [4.69, 9.17) is 0 Å². The van der Waals surface area contributed by atoms with Crippen LogP contribution < -0.4 is 16.0 Å². The Kier molecular flexibility index (Phi) is 8.28. The minimum absolute atomic E-state index is 0.0829. The van der Waals surface area contributed by atoms with Crippen LogP contribution in [0.5, 0.6) is 0 Å². The fourth-order valence-electron chi connectivity index (χ4n) is 5.32. The molecule has 2 aromatic rings. The Bertz CT molecular complexity index is 1210. The monoisotopic (exact) mass is 515 g/mol. The number of fused-ring (bicyclic) bond motifs is 1. The van der Waals surface area contributed by atoms with Gasteiger partial charge in [0.1, 0.15) is 5.82 Å². The summed E-state index contributed by atoms with van der Waals surface area (Å²) in [4.78, 5) is 26.1. The molecular formula is C27H34FN3O4S. The Hall–Kier alpha value is -2.94. The fraction of sp³-hybridized carbons (Fsp3) is 0.481. The van der Waals surface area contributed by atoms with E-state index in [1.807, 2.05) is 0 Å². The smallest absolute Gasteiger partial charge is 0.251 e. The van der Waals surface area contributed by atoms with Crippen molar-refractivity contribution in [3.05, 3.63) is 59.4 Å². The maximum absolute atomic E-state index is 13.7. The average molecular weight is 516 g/mol. The molecule has 3 N–H and O–H groups in total. The van der Waals surface area contributed by atoms with E-state index in [1.165, 1.54) is 18.2 Å². The highest BCUT2D eigenvalue weighted by Crippen LogP contribution is 2.34. The second-order valence-corrected chi connectivity index (χ2v) is 11.9. The summed E-state index contributed by atoms with van der Waals surface area (Å²) in [5.74, 6) is -0.793. The quantitative estimate of drug-likeness (QED) is 0.470. The molecule has 0 spiro atoms. The summed E-state index contributed by atoms with van der Waals surface area (Å²) in [6, 6.07) is 10.7. The third-order valence-electron chi connectivity index (χ3n) is 7.35. The molecule has 0 radical (unpaired) electrons. The zero-order valence-corrected chi connectivity index (χ0v) is 21.4. The molecule has 1 fully saturated rings. The summed E-state index contributed by atoms with van der Waals surface area (Å²) in [6.45, 7) is 1.37. The van der Waals surface area contributed by atoms with Crippen LogP contribution in [-0.2, 0) is 14.6 Å². The lowest BCUT2D eigenvalue weighted by atomic mass is 9.79. The lowest BCUT2D eigenvalue weighted by molar-refractivity contribution is -0.126. The first-order chi connectivity index (χ1) is 17.2. The van der Waals surface area contributed by atoms with Crippen LogP contribution in [0.3, 0.4) is 0 Å². The number of anilines is 1. The van der Waals surface area contributed by atoms with Crippen LogP contribution in [0.15, 0.2) is 47.4 Å². The maximum Gasteiger partial charge on any atom is 0.251 e. The van der Waals surface area contributed by atoms with E-state index in [0.29, 0.717) is 19.5 Å². The van der Waals surface area contributed by atoms with E-state index in [2.05, 4.69) is 16.0 Å². The number of amides is 2. The molecule has 7 nitrogen and oxygen atoms in total. The van der Waals surface area contributed by atoms with Crippen molar-refractivity contribution < 1.29 is 22.4 Å². The largest absolute Gasteiger partial charge is 0.384 e. The van der Waals surface area contributed by atoms with Gasteiger partial charge in [-0.3, -0.25) is 9.59 Å². The molecule has 4 rings (SSSR count). The van der Waals surface area contributed by atoms with Gasteiger partial charge in [0.2, 0.25) is 5.91 Å². The Morgan fingerprint density at radius 2 is 1.86 bits per heavy atom. The average Bonchev–Trinajstić information content (AvgIpc) is 3.26. The first kappa shape index (κ1) is 26.1. The standard InChI is InChI=1S/C27H34FN3O4S/c1-36(34,35)22-9-5-8-19(14-22)26(32)31-17-24(18-6-3-2-4-7-18)27(33)29-13-12-20-16-30-25-11-10-21(28)15-23(20)25/h5,8-11,14-15,18,20,24,30H,2-4,6-7,12-13,16-17H2,1H3,(H,29,33)(H,31,32). The van der Waals surface area contributed by atoms with Crippen molar-refractivity contribution in [1.29, 1.82) is 0 Å². The van der Waals surface area contributed by atoms with Gasteiger partial charge < -0.3 is 16.0 Å². The molecule has 36 heavy (non-hydrogen) atoms. The van der Waals surface area contributed by atoms with Crippen molar-refractivity contribution in [3.8, 4) is 0 Å². The lowest BCUT2D eigenvalue weighted by Gasteiger charge is -2.29. The number of hydrogen-bond acceptors (Lipinski definition) is 5. The molecule has 2 amide bonds. The second kappa shape index (κ2) is 11.4. The van der Waals surface area contributed by atoms with Crippen LogP contribution in [0.25, 0.3) is 0 Å². The van der Waals surface area contributed by atoms with Crippen LogP contribution in [0, 0.1) is 17.7 Å². The molecule has 1 saturated carbocycles. The van der Waals surface area contributed by atoms with E-state index in [1.54, 1.807) is 24.3 Å². The first-order valence-electron chi connectivity index (χ1n) is 12.6. The molecule has 2 unspecified atom stereocenters. The van der Waals surface area contributed by atoms with Gasteiger partial charge in [-0.1, -0.05) is 25.3 Å². The summed E-state index contributed by atoms with van der Waals surface area (Å²) in [5.41, 5.74) is 2.13. The zero-order chi connectivity index (χ0) is 25.7. The molecule has 1 heterocycles. The van der Waals surface area contributed by atoms with Crippen molar-refractivity contribution in [2.45, 2.75) is 49.3 Å². The molecule has 0 saturated heterocycles. The van der Waals surface area contributed by atoms with Crippen molar-refractivity contribution in [2.24, 2.45) is 11.8 Å². The van der Waals surface area contributed by atoms with Crippen molar-refractivity contribution >= 4 is 27.3 Å². The number of nitrogens with one attached hydrogen (secondary N) is 3. The van der Waals surface area contributed by atoms with Crippen LogP contribution in [0.2, 0.25) is 0 Å². The fourth-order valence-corrected chi connectivity index (χ4v) is 5.98. The van der Waals surface area contributed by atoms with Crippen LogP contribution in [0.1, 0.15) is 60.4 Å². The highest BCUT2D eigenvalue weighted by atomic mass is 32.2. The van der Waals surface area contributed by atoms with Gasteiger partial charge in [-0.15, -0.1) is 0 Å². The number of hydrogen-bond donors (Lipinski definition) is 3. The Labute approximate surface area is 212 Å². The zero-order valence-electron chi connectivity index (χ0n) is 20.6. The molecule has 2 aromatic carbocycles. The molecule has 194 valence electrons. The predicted molar refractivity (Wildman–Crippen MR) is 137 cm³/mol. The first-order valence-corrected chi connectivity index (χ1v) is 14.5. The van der Waals surface area contributed by atoms with E-state index in [-0.39, 0.29) is 46.5 Å². The number of benzene rings is 2. The normalized spacial score (nSPS) is 18.7. The highest BCUT2D eigenvalue weighted by Gasteiger charge is 2.30. The third kappa shape index (κ3) is 6.43. The molecule has 0 bridgehead atoms. The Morgan fingerprint density at radius 1 is 1.08 bits per heavy atom. The van der Waals surface area contributed by atoms with Crippen LogP contribution >= 0.6 is 0 Å². The second-order valence-electron chi connectivity index (χ2n) is 9.90. The summed E-state index contributed by atoms with van der Waals surface area (Å²) in [7, 11) is -3.43. The van der Waals surface area contributed by atoms with E-state index in [9.17, 15) is 22.4 Å². The summed E-state index contributed by atoms with van der Waals surface area (Å²) in [5, 5.41) is 9.20. The van der Waals surface area contributed by atoms with Gasteiger partial charge in [0, 0.05) is 43.1 Å². The van der Waals surface area contributed by atoms with E-state index >= 15 is 0 Å². The van der Waals surface area contributed by atoms with E-state index in [0.717, 1.165) is 49.6 Å². The SMILES string of the molecule is CS(=O)(=O)c1cccc(C(=O)NCC(C(=O)NCCC2CNc3ccc(F)cc32)C2CCCCC2)c1. The minimum Gasteiger partial charge on any atom is -0.384 e. The third-order valence-corrected chi connectivity index (χ3v) is 8.46. The van der Waals surface area contributed by atoms with Gasteiger partial charge in [0.25, 0.3) is 5.91 Å². The van der Waals surface area contributed by atoms with Crippen molar-refractivity contribution in [2.75, 3.05) is 31.2 Å². The van der Waals surface area contributed by atoms with Crippen molar-refractivity contribution in [1.82, 2.24) is 10.6 Å². The number of sulfone groups is 1. The van der Waals surface area contributed by atoms with Gasteiger partial charge in [-0.25, -0.2) is 12.8 Å². The molecular weight excluding hydrogens is 481 g/mol. The number of rotatable bonds is 9. The lowest BCUT2D eigenvalue weighted by Crippen LogP contribution is -2.43. The predicted octanol–water partition coefficient (Wildman–Crippen LogP) is 3.87. The molecule has 1 aliphatic heterocycles. The molecule has 1 aliphatic carbocycles. The Balaban J connectivity index is 1.37. The topological polar surface area (TPSA) is 104 Å². The van der Waals surface area contributed by atoms with Gasteiger partial charge in [-0.05, 0) is 67.1 Å². The molecule has 2 aliphatic rings. The minimum atomic E-state index is -3.43. The van der Waals surface area contributed by atoms with Gasteiger partial charge >= 0.3 is 0 Å². The maximum atomic E-state index is 13.7. The summed E-state index contributed by atoms with van der Waals surface area (Å²) >= 11 is 0. The van der Waals surface area contributed by atoms with Crippen molar-refractivity contribution in [3.63, 3.8) is 0 Å². The molecule has 9 heteroatoms. The summed E-state index contributed by atoms with van der Waals surface area (Å²) < 4.78 is 37.4. The number of carbonyl (C=O) groups excluding carboxylic acids is 2. The van der Waals surface area contributed by atoms with Gasteiger partial charge in [0.05, 0.1) is 10.8 Å².